The first-order valence-corrected chi connectivity index (χ1v) is 7.95. The molecule has 1 N–H and O–H groups in total. The van der Waals surface area contributed by atoms with Crippen LogP contribution in [0.2, 0.25) is 0 Å². The summed E-state index contributed by atoms with van der Waals surface area (Å²) in [5, 5.41) is 9.51. The van der Waals surface area contributed by atoms with Crippen molar-refractivity contribution in [1.82, 2.24) is 0 Å². The van der Waals surface area contributed by atoms with Gasteiger partial charge in [0.2, 0.25) is 0 Å². The van der Waals surface area contributed by atoms with Gasteiger partial charge in [0, 0.05) is 7.11 Å². The van der Waals surface area contributed by atoms with E-state index in [1.165, 1.54) is 0 Å². The molecule has 0 saturated carbocycles. The van der Waals surface area contributed by atoms with Crippen molar-refractivity contribution in [3.63, 3.8) is 0 Å². The Labute approximate surface area is 119 Å². The second kappa shape index (κ2) is 8.21. The number of aliphatic hydroxyl groups is 1. The van der Waals surface area contributed by atoms with Crippen molar-refractivity contribution < 1.29 is 27.2 Å². The van der Waals surface area contributed by atoms with Crippen LogP contribution in [0.25, 0.3) is 0 Å². The number of ether oxygens (including phenoxy) is 2. The van der Waals surface area contributed by atoms with Crippen molar-refractivity contribution in [3.8, 4) is 5.75 Å². The van der Waals surface area contributed by atoms with E-state index in [0.717, 1.165) is 18.2 Å². The van der Waals surface area contributed by atoms with E-state index in [1.54, 1.807) is 19.2 Å². The van der Waals surface area contributed by atoms with E-state index in [1.807, 2.05) is 12.1 Å². The van der Waals surface area contributed by atoms with E-state index in [9.17, 15) is 13.5 Å². The van der Waals surface area contributed by atoms with Crippen LogP contribution in [-0.2, 0) is 25.5 Å². The molecule has 0 heterocycles. The molecule has 0 aliphatic heterocycles. The molecule has 1 atom stereocenters. The quantitative estimate of drug-likeness (QED) is 0.673. The van der Waals surface area contributed by atoms with Gasteiger partial charge in [-0.2, -0.15) is 8.42 Å². The van der Waals surface area contributed by atoms with Gasteiger partial charge < -0.3 is 14.6 Å². The van der Waals surface area contributed by atoms with Crippen molar-refractivity contribution >= 4 is 10.1 Å². The summed E-state index contributed by atoms with van der Waals surface area (Å²) in [6.45, 7) is 0.305. The number of methoxy groups -OCH3 is 1. The van der Waals surface area contributed by atoms with Crippen LogP contribution in [0.1, 0.15) is 5.56 Å². The predicted octanol–water partition coefficient (Wildman–Crippen LogP) is 0.591. The maximum Gasteiger partial charge on any atom is 0.264 e. The third-order valence-corrected chi connectivity index (χ3v) is 3.00. The van der Waals surface area contributed by atoms with Gasteiger partial charge in [-0.05, 0) is 24.1 Å². The van der Waals surface area contributed by atoms with Crippen LogP contribution >= 0.6 is 0 Å². The fraction of sp³-hybridized carbons (Fsp3) is 0.538. The zero-order valence-electron chi connectivity index (χ0n) is 11.6. The van der Waals surface area contributed by atoms with Crippen LogP contribution < -0.4 is 4.74 Å². The second-order valence-corrected chi connectivity index (χ2v) is 5.98. The molecule has 0 spiro atoms. The fourth-order valence-corrected chi connectivity index (χ4v) is 1.82. The minimum atomic E-state index is -3.54. The minimum Gasteiger partial charge on any atom is -0.491 e. The van der Waals surface area contributed by atoms with Crippen LogP contribution in [0.5, 0.6) is 5.75 Å². The van der Waals surface area contributed by atoms with E-state index in [2.05, 4.69) is 4.18 Å². The van der Waals surface area contributed by atoms with Crippen LogP contribution in [0.4, 0.5) is 0 Å². The lowest BCUT2D eigenvalue weighted by Crippen LogP contribution is -2.24. The maximum atomic E-state index is 10.7. The summed E-state index contributed by atoms with van der Waals surface area (Å²) in [6.07, 6.45) is 0.749. The Morgan fingerprint density at radius 2 is 1.85 bits per heavy atom. The molecule has 114 valence electrons. The van der Waals surface area contributed by atoms with E-state index in [0.29, 0.717) is 12.4 Å². The molecule has 20 heavy (non-hydrogen) atoms. The lowest BCUT2D eigenvalue weighted by atomic mass is 10.1. The molecule has 1 rings (SSSR count). The highest BCUT2D eigenvalue weighted by molar-refractivity contribution is 7.85. The number of aliphatic hydroxyl groups excluding tert-OH is 1. The monoisotopic (exact) mass is 304 g/mol. The van der Waals surface area contributed by atoms with Crippen LogP contribution in [0.3, 0.4) is 0 Å². The molecule has 1 aromatic rings. The Morgan fingerprint density at radius 3 is 2.40 bits per heavy atom. The van der Waals surface area contributed by atoms with Crippen molar-refractivity contribution in [2.75, 3.05) is 33.2 Å². The molecule has 7 heteroatoms. The standard InChI is InChI=1S/C13H20O6S/c1-17-8-7-11-3-5-13(6-4-11)18-9-12(14)10-19-20(2,15)16/h3-6,12,14H,7-10H2,1-2H3/t12-/m1/s1. The highest BCUT2D eigenvalue weighted by atomic mass is 32.2. The Kier molecular flexibility index (Phi) is 6.94. The maximum absolute atomic E-state index is 10.7. The Morgan fingerprint density at radius 1 is 1.20 bits per heavy atom. The molecule has 6 nitrogen and oxygen atoms in total. The Bertz CT molecular complexity index is 482. The third kappa shape index (κ3) is 7.44. The molecule has 0 saturated heterocycles. The summed E-state index contributed by atoms with van der Waals surface area (Å²) >= 11 is 0. The molecule has 0 unspecified atom stereocenters. The first-order chi connectivity index (χ1) is 9.40. The summed E-state index contributed by atoms with van der Waals surface area (Å²) in [5.41, 5.74) is 1.13. The average Bonchev–Trinajstić information content (AvgIpc) is 2.41. The normalized spacial score (nSPS) is 13.2. The van der Waals surface area contributed by atoms with Gasteiger partial charge in [-0.3, -0.25) is 4.18 Å². The van der Waals surface area contributed by atoms with Gasteiger partial charge >= 0.3 is 0 Å². The molecule has 0 aliphatic rings. The molecule has 0 amide bonds. The first kappa shape index (κ1) is 16.9. The molecule has 0 radical (unpaired) electrons. The summed E-state index contributed by atoms with van der Waals surface area (Å²) in [7, 11) is -1.89. The van der Waals surface area contributed by atoms with Gasteiger partial charge in [0.25, 0.3) is 10.1 Å². The van der Waals surface area contributed by atoms with E-state index in [4.69, 9.17) is 9.47 Å². The lowest BCUT2D eigenvalue weighted by molar-refractivity contribution is 0.0652. The lowest BCUT2D eigenvalue weighted by Gasteiger charge is -2.12. The van der Waals surface area contributed by atoms with Gasteiger partial charge in [0.05, 0.1) is 19.5 Å². The van der Waals surface area contributed by atoms with Crippen molar-refractivity contribution in [2.45, 2.75) is 12.5 Å². The largest absolute Gasteiger partial charge is 0.491 e. The van der Waals surface area contributed by atoms with Gasteiger partial charge in [-0.1, -0.05) is 12.1 Å². The summed E-state index contributed by atoms with van der Waals surface area (Å²) in [5.74, 6) is 0.601. The summed E-state index contributed by atoms with van der Waals surface area (Å²) in [6, 6.07) is 7.39. The van der Waals surface area contributed by atoms with Gasteiger partial charge in [0.15, 0.2) is 0 Å². The second-order valence-electron chi connectivity index (χ2n) is 4.34. The minimum absolute atomic E-state index is 0.0348. The molecular formula is C13H20O6S. The highest BCUT2D eigenvalue weighted by Gasteiger charge is 2.10. The van der Waals surface area contributed by atoms with Gasteiger partial charge in [-0.15, -0.1) is 0 Å². The molecular weight excluding hydrogens is 284 g/mol. The van der Waals surface area contributed by atoms with Crippen LogP contribution in [0, 0.1) is 0 Å². The van der Waals surface area contributed by atoms with Crippen molar-refractivity contribution in [3.05, 3.63) is 29.8 Å². The Balaban J connectivity index is 2.34. The molecule has 0 aromatic heterocycles. The predicted molar refractivity (Wildman–Crippen MR) is 74.3 cm³/mol. The van der Waals surface area contributed by atoms with Crippen LogP contribution in [-0.4, -0.2) is 52.8 Å². The van der Waals surface area contributed by atoms with Crippen molar-refractivity contribution in [2.24, 2.45) is 0 Å². The van der Waals surface area contributed by atoms with E-state index < -0.39 is 16.2 Å². The molecule has 0 fully saturated rings. The fourth-order valence-electron chi connectivity index (χ4n) is 1.41. The summed E-state index contributed by atoms with van der Waals surface area (Å²) in [4.78, 5) is 0. The van der Waals surface area contributed by atoms with Crippen molar-refractivity contribution in [1.29, 1.82) is 0 Å². The number of hydrogen-bond acceptors (Lipinski definition) is 6. The van der Waals surface area contributed by atoms with Gasteiger partial charge in [0.1, 0.15) is 18.5 Å². The molecule has 1 aromatic carbocycles. The zero-order valence-corrected chi connectivity index (χ0v) is 12.4. The SMILES string of the molecule is COCCc1ccc(OC[C@@H](O)COS(C)(=O)=O)cc1. The van der Waals surface area contributed by atoms with Crippen LogP contribution in [0.15, 0.2) is 24.3 Å². The third-order valence-electron chi connectivity index (χ3n) is 2.44. The van der Waals surface area contributed by atoms with E-state index in [-0.39, 0.29) is 13.2 Å². The molecule has 0 bridgehead atoms. The number of hydrogen-bond donors (Lipinski definition) is 1. The first-order valence-electron chi connectivity index (χ1n) is 6.14. The molecule has 0 aliphatic carbocycles. The topological polar surface area (TPSA) is 82.1 Å². The average molecular weight is 304 g/mol. The summed E-state index contributed by atoms with van der Waals surface area (Å²) < 4.78 is 36.3. The number of benzene rings is 1. The zero-order chi connectivity index (χ0) is 15.0. The smallest absolute Gasteiger partial charge is 0.264 e. The van der Waals surface area contributed by atoms with Gasteiger partial charge in [-0.25, -0.2) is 0 Å². The highest BCUT2D eigenvalue weighted by Crippen LogP contribution is 2.13. The number of rotatable bonds is 9. The van der Waals surface area contributed by atoms with E-state index >= 15 is 0 Å². The Hall–Kier alpha value is -1.15.